The van der Waals surface area contributed by atoms with Crippen LogP contribution in [0, 0.1) is 0 Å². The molecule has 1 N–H and O–H groups in total. The summed E-state index contributed by atoms with van der Waals surface area (Å²) < 4.78 is 29.6. The molecular weight excluding hydrogens is 354 g/mol. The van der Waals surface area contributed by atoms with Gasteiger partial charge in [-0.15, -0.1) is 0 Å². The zero-order valence-corrected chi connectivity index (χ0v) is 15.6. The van der Waals surface area contributed by atoms with Gasteiger partial charge in [0.1, 0.15) is 5.75 Å². The number of halogens is 1. The van der Waals surface area contributed by atoms with Crippen LogP contribution in [0.3, 0.4) is 0 Å². The Bertz CT molecular complexity index is 585. The highest BCUT2D eigenvalue weighted by molar-refractivity contribution is 9.10. The molecule has 0 heterocycles. The molecule has 0 aliphatic rings. The largest absolute Gasteiger partial charge is 0.492 e. The van der Waals surface area contributed by atoms with E-state index in [0.29, 0.717) is 6.61 Å². The van der Waals surface area contributed by atoms with Crippen molar-refractivity contribution in [2.75, 3.05) is 19.9 Å². The monoisotopic (exact) mass is 377 g/mol. The van der Waals surface area contributed by atoms with Gasteiger partial charge < -0.3 is 10.1 Å². The summed E-state index contributed by atoms with van der Waals surface area (Å²) in [5.74, 6) is 0.771. The molecule has 0 radical (unpaired) electrons. The van der Waals surface area contributed by atoms with E-state index in [9.17, 15) is 8.42 Å². The molecule has 4 nitrogen and oxygen atoms in total. The fraction of sp³-hybridized carbons (Fsp3) is 0.600. The van der Waals surface area contributed by atoms with Crippen LogP contribution in [0.1, 0.15) is 38.8 Å². The molecule has 1 aromatic carbocycles. The molecule has 0 amide bonds. The van der Waals surface area contributed by atoms with Gasteiger partial charge in [0.05, 0.1) is 21.9 Å². The summed E-state index contributed by atoms with van der Waals surface area (Å²) in [5.41, 5.74) is 0.906. The van der Waals surface area contributed by atoms with E-state index >= 15 is 0 Å². The Morgan fingerprint density at radius 1 is 1.38 bits per heavy atom. The number of hydrogen-bond donors (Lipinski definition) is 1. The topological polar surface area (TPSA) is 55.4 Å². The molecule has 1 atom stereocenters. The standard InChI is InChI=1S/C15H24BrNO3S/c1-6-9-20-13-8-7-11(10-12(13)16)14(17-4)15(2,3)21(5,18)19/h7-8,10,14,17H,6,9H2,1-5H3. The van der Waals surface area contributed by atoms with Crippen LogP contribution >= 0.6 is 15.9 Å². The van der Waals surface area contributed by atoms with Crippen LogP contribution in [-0.2, 0) is 9.84 Å². The minimum absolute atomic E-state index is 0.302. The van der Waals surface area contributed by atoms with Gasteiger partial charge in [-0.3, -0.25) is 0 Å². The summed E-state index contributed by atoms with van der Waals surface area (Å²) in [7, 11) is -1.44. The summed E-state index contributed by atoms with van der Waals surface area (Å²) in [6.07, 6.45) is 2.21. The second kappa shape index (κ2) is 7.11. The summed E-state index contributed by atoms with van der Waals surface area (Å²) in [6.45, 7) is 6.17. The highest BCUT2D eigenvalue weighted by Crippen LogP contribution is 2.35. The van der Waals surface area contributed by atoms with Crippen LogP contribution < -0.4 is 10.1 Å². The third-order valence-corrected chi connectivity index (χ3v) is 6.46. The Labute approximate surface area is 136 Å². The number of hydrogen-bond acceptors (Lipinski definition) is 4. The van der Waals surface area contributed by atoms with Gasteiger partial charge in [0.25, 0.3) is 0 Å². The molecule has 0 fully saturated rings. The highest BCUT2D eigenvalue weighted by Gasteiger charge is 2.39. The average Bonchev–Trinajstić information content (AvgIpc) is 2.37. The third kappa shape index (κ3) is 4.20. The predicted molar refractivity (Wildman–Crippen MR) is 90.7 cm³/mol. The van der Waals surface area contributed by atoms with Crippen molar-refractivity contribution in [2.24, 2.45) is 0 Å². The van der Waals surface area contributed by atoms with Gasteiger partial charge in [0.2, 0.25) is 0 Å². The average molecular weight is 378 g/mol. The molecule has 0 saturated heterocycles. The van der Waals surface area contributed by atoms with Crippen molar-refractivity contribution in [2.45, 2.75) is 38.0 Å². The fourth-order valence-electron chi connectivity index (χ4n) is 2.16. The molecule has 120 valence electrons. The van der Waals surface area contributed by atoms with Gasteiger partial charge in [0, 0.05) is 6.26 Å². The molecule has 0 saturated carbocycles. The SMILES string of the molecule is CCCOc1ccc(C(NC)C(C)(C)S(C)(=O)=O)cc1Br. The van der Waals surface area contributed by atoms with Crippen molar-refractivity contribution in [1.82, 2.24) is 5.32 Å². The van der Waals surface area contributed by atoms with Crippen molar-refractivity contribution in [3.8, 4) is 5.75 Å². The van der Waals surface area contributed by atoms with E-state index in [-0.39, 0.29) is 6.04 Å². The lowest BCUT2D eigenvalue weighted by Crippen LogP contribution is -2.43. The van der Waals surface area contributed by atoms with E-state index < -0.39 is 14.6 Å². The van der Waals surface area contributed by atoms with Gasteiger partial charge in [-0.2, -0.15) is 0 Å². The zero-order valence-electron chi connectivity index (χ0n) is 13.2. The Morgan fingerprint density at radius 3 is 2.43 bits per heavy atom. The molecular formula is C15H24BrNO3S. The summed E-state index contributed by atoms with van der Waals surface area (Å²) in [6, 6.07) is 5.39. The van der Waals surface area contributed by atoms with E-state index in [1.165, 1.54) is 6.26 Å². The van der Waals surface area contributed by atoms with Gasteiger partial charge in [-0.1, -0.05) is 13.0 Å². The number of ether oxygens (including phenoxy) is 1. The van der Waals surface area contributed by atoms with Crippen molar-refractivity contribution >= 4 is 25.8 Å². The first-order valence-corrected chi connectivity index (χ1v) is 9.62. The number of rotatable bonds is 7. The van der Waals surface area contributed by atoms with Gasteiger partial charge >= 0.3 is 0 Å². The van der Waals surface area contributed by atoms with Crippen molar-refractivity contribution in [1.29, 1.82) is 0 Å². The first kappa shape index (κ1) is 18.5. The number of nitrogens with one attached hydrogen (secondary N) is 1. The number of benzene rings is 1. The molecule has 0 aliphatic carbocycles. The van der Waals surface area contributed by atoms with E-state index in [4.69, 9.17) is 4.74 Å². The lowest BCUT2D eigenvalue weighted by Gasteiger charge is -2.33. The van der Waals surface area contributed by atoms with Crippen LogP contribution in [0.4, 0.5) is 0 Å². The molecule has 1 rings (SSSR count). The van der Waals surface area contributed by atoms with Crippen LogP contribution in [0.15, 0.2) is 22.7 Å². The normalized spacial score (nSPS) is 14.0. The molecule has 1 unspecified atom stereocenters. The Hall–Kier alpha value is -0.590. The maximum absolute atomic E-state index is 12.0. The fourth-order valence-corrected chi connectivity index (χ4v) is 3.35. The molecule has 0 bridgehead atoms. The third-order valence-electron chi connectivity index (χ3n) is 3.69. The lowest BCUT2D eigenvalue weighted by atomic mass is 9.95. The second-order valence-electron chi connectivity index (χ2n) is 5.64. The smallest absolute Gasteiger partial charge is 0.154 e. The van der Waals surface area contributed by atoms with Crippen LogP contribution in [0.5, 0.6) is 5.75 Å². The minimum atomic E-state index is -3.21. The molecule has 6 heteroatoms. The number of sulfone groups is 1. The lowest BCUT2D eigenvalue weighted by molar-refractivity contribution is 0.315. The molecule has 0 spiro atoms. The quantitative estimate of drug-likeness (QED) is 0.791. The Balaban J connectivity index is 3.16. The van der Waals surface area contributed by atoms with E-state index in [2.05, 4.69) is 21.2 Å². The molecule has 1 aromatic rings. The maximum atomic E-state index is 12.0. The summed E-state index contributed by atoms with van der Waals surface area (Å²) in [4.78, 5) is 0. The van der Waals surface area contributed by atoms with Crippen molar-refractivity contribution < 1.29 is 13.2 Å². The molecule has 0 aromatic heterocycles. The predicted octanol–water partition coefficient (Wildman–Crippen LogP) is 3.32. The Kier molecular flexibility index (Phi) is 6.25. The summed E-state index contributed by atoms with van der Waals surface area (Å²) in [5, 5.41) is 3.11. The Morgan fingerprint density at radius 2 is 2.00 bits per heavy atom. The first-order chi connectivity index (χ1) is 9.65. The van der Waals surface area contributed by atoms with Crippen LogP contribution in [0.25, 0.3) is 0 Å². The molecule has 21 heavy (non-hydrogen) atoms. The highest BCUT2D eigenvalue weighted by atomic mass is 79.9. The van der Waals surface area contributed by atoms with Crippen LogP contribution in [-0.4, -0.2) is 33.1 Å². The van der Waals surface area contributed by atoms with E-state index in [0.717, 1.165) is 22.2 Å². The summed E-state index contributed by atoms with van der Waals surface area (Å²) >= 11 is 3.49. The maximum Gasteiger partial charge on any atom is 0.154 e. The second-order valence-corrected chi connectivity index (χ2v) is 9.09. The van der Waals surface area contributed by atoms with Gasteiger partial charge in [0.15, 0.2) is 9.84 Å². The first-order valence-electron chi connectivity index (χ1n) is 6.94. The van der Waals surface area contributed by atoms with Crippen LogP contribution in [0.2, 0.25) is 0 Å². The zero-order chi connectivity index (χ0) is 16.3. The minimum Gasteiger partial charge on any atom is -0.492 e. The van der Waals surface area contributed by atoms with E-state index in [1.807, 2.05) is 25.1 Å². The van der Waals surface area contributed by atoms with Crippen molar-refractivity contribution in [3.63, 3.8) is 0 Å². The molecule has 0 aliphatic heterocycles. The van der Waals surface area contributed by atoms with Gasteiger partial charge in [-0.05, 0) is 60.9 Å². The van der Waals surface area contributed by atoms with Gasteiger partial charge in [-0.25, -0.2) is 8.42 Å². The van der Waals surface area contributed by atoms with E-state index in [1.54, 1.807) is 20.9 Å². The van der Waals surface area contributed by atoms with Crippen molar-refractivity contribution in [3.05, 3.63) is 28.2 Å².